The van der Waals surface area contributed by atoms with Crippen LogP contribution in [0, 0.1) is 0 Å². The molecule has 0 radical (unpaired) electrons. The van der Waals surface area contributed by atoms with Crippen LogP contribution in [0.15, 0.2) is 61.1 Å². The average molecular weight is 306 g/mol. The van der Waals surface area contributed by atoms with Gasteiger partial charge in [0.25, 0.3) is 5.91 Å². The minimum absolute atomic E-state index is 0.179. The minimum atomic E-state index is -0.179. The molecule has 0 saturated heterocycles. The molecule has 0 aliphatic carbocycles. The molecule has 5 nitrogen and oxygen atoms in total. The predicted octanol–water partition coefficient (Wildman–Crippen LogP) is 3.64. The second kappa shape index (κ2) is 6.44. The number of carbonyl (C=O) groups excluding carboxylic acids is 1. The summed E-state index contributed by atoms with van der Waals surface area (Å²) in [5.74, 6) is 0.966. The zero-order valence-corrected chi connectivity index (χ0v) is 13.1. The van der Waals surface area contributed by atoms with Gasteiger partial charge in [0.1, 0.15) is 0 Å². The highest BCUT2D eigenvalue weighted by molar-refractivity contribution is 6.04. The van der Waals surface area contributed by atoms with E-state index >= 15 is 0 Å². The van der Waals surface area contributed by atoms with E-state index in [1.807, 2.05) is 30.3 Å². The fourth-order valence-corrected chi connectivity index (χ4v) is 2.21. The van der Waals surface area contributed by atoms with Gasteiger partial charge in [0.2, 0.25) is 0 Å². The molecule has 0 aliphatic heterocycles. The van der Waals surface area contributed by atoms with E-state index in [0.29, 0.717) is 17.3 Å². The summed E-state index contributed by atoms with van der Waals surface area (Å²) in [5.41, 5.74) is 2.53. The average Bonchev–Trinajstić information content (AvgIpc) is 3.10. The van der Waals surface area contributed by atoms with Crippen molar-refractivity contribution in [2.24, 2.45) is 0 Å². The first-order valence-corrected chi connectivity index (χ1v) is 7.51. The Morgan fingerprint density at radius 1 is 1.13 bits per heavy atom. The lowest BCUT2D eigenvalue weighted by molar-refractivity contribution is 0.102. The standard InChI is InChI=1S/C18H18N4O/c1-13(2)14-4-7-16(8-5-14)21-18(23)15-6-9-17(19-12-15)22-11-3-10-20-22/h3-13H,1-2H3,(H,21,23). The number of rotatable bonds is 4. The second-order valence-corrected chi connectivity index (χ2v) is 5.59. The molecule has 116 valence electrons. The summed E-state index contributed by atoms with van der Waals surface area (Å²) in [6.07, 6.45) is 5.04. The molecule has 0 aliphatic rings. The molecule has 0 unspecified atom stereocenters. The number of benzene rings is 1. The fourth-order valence-electron chi connectivity index (χ4n) is 2.21. The summed E-state index contributed by atoms with van der Waals surface area (Å²) in [4.78, 5) is 16.5. The zero-order chi connectivity index (χ0) is 16.2. The van der Waals surface area contributed by atoms with Gasteiger partial charge in [0.05, 0.1) is 5.56 Å². The normalized spacial score (nSPS) is 10.7. The third kappa shape index (κ3) is 3.45. The minimum Gasteiger partial charge on any atom is -0.322 e. The Bertz CT molecular complexity index is 775. The molecule has 2 heterocycles. The molecule has 2 aromatic heterocycles. The zero-order valence-electron chi connectivity index (χ0n) is 13.1. The van der Waals surface area contributed by atoms with Crippen LogP contribution in [-0.2, 0) is 0 Å². The summed E-state index contributed by atoms with van der Waals surface area (Å²) in [5, 5.41) is 6.98. The molecule has 1 amide bonds. The smallest absolute Gasteiger partial charge is 0.257 e. The van der Waals surface area contributed by atoms with Crippen LogP contribution in [0.1, 0.15) is 35.7 Å². The molecule has 0 fully saturated rings. The topological polar surface area (TPSA) is 59.8 Å². The van der Waals surface area contributed by atoms with Gasteiger partial charge in [-0.2, -0.15) is 5.10 Å². The Hall–Kier alpha value is -2.95. The van der Waals surface area contributed by atoms with Gasteiger partial charge in [-0.25, -0.2) is 9.67 Å². The van der Waals surface area contributed by atoms with Crippen molar-refractivity contribution in [3.63, 3.8) is 0 Å². The fraction of sp³-hybridized carbons (Fsp3) is 0.167. The van der Waals surface area contributed by atoms with Gasteiger partial charge in [0, 0.05) is 24.3 Å². The van der Waals surface area contributed by atoms with Crippen molar-refractivity contribution in [3.05, 3.63) is 72.2 Å². The largest absolute Gasteiger partial charge is 0.322 e. The van der Waals surface area contributed by atoms with Crippen LogP contribution in [0.4, 0.5) is 5.69 Å². The van der Waals surface area contributed by atoms with Crippen molar-refractivity contribution in [1.82, 2.24) is 14.8 Å². The Morgan fingerprint density at radius 3 is 2.48 bits per heavy atom. The van der Waals surface area contributed by atoms with Gasteiger partial charge in [-0.3, -0.25) is 4.79 Å². The lowest BCUT2D eigenvalue weighted by Gasteiger charge is -2.08. The number of amides is 1. The first-order valence-electron chi connectivity index (χ1n) is 7.51. The summed E-state index contributed by atoms with van der Waals surface area (Å²) in [6, 6.07) is 13.2. The SMILES string of the molecule is CC(C)c1ccc(NC(=O)c2ccc(-n3cccn3)nc2)cc1. The Labute approximate surface area is 135 Å². The number of hydrogen-bond donors (Lipinski definition) is 1. The first-order chi connectivity index (χ1) is 11.1. The number of aromatic nitrogens is 3. The predicted molar refractivity (Wildman–Crippen MR) is 89.8 cm³/mol. The lowest BCUT2D eigenvalue weighted by atomic mass is 10.0. The van der Waals surface area contributed by atoms with Crippen molar-refractivity contribution < 1.29 is 4.79 Å². The third-order valence-corrected chi connectivity index (χ3v) is 3.58. The van der Waals surface area contributed by atoms with E-state index in [4.69, 9.17) is 0 Å². The molecule has 1 N–H and O–H groups in total. The van der Waals surface area contributed by atoms with Gasteiger partial charge >= 0.3 is 0 Å². The Morgan fingerprint density at radius 2 is 1.91 bits per heavy atom. The van der Waals surface area contributed by atoms with Gasteiger partial charge in [-0.1, -0.05) is 26.0 Å². The third-order valence-electron chi connectivity index (χ3n) is 3.58. The molecular formula is C18H18N4O. The van der Waals surface area contributed by atoms with E-state index in [1.54, 1.807) is 35.4 Å². The number of anilines is 1. The quantitative estimate of drug-likeness (QED) is 0.800. The molecule has 1 aromatic carbocycles. The highest BCUT2D eigenvalue weighted by Gasteiger charge is 2.08. The number of nitrogens with zero attached hydrogens (tertiary/aromatic N) is 3. The number of hydrogen-bond acceptors (Lipinski definition) is 3. The van der Waals surface area contributed by atoms with Gasteiger partial charge < -0.3 is 5.32 Å². The summed E-state index contributed by atoms with van der Waals surface area (Å²) in [7, 11) is 0. The maximum Gasteiger partial charge on any atom is 0.257 e. The first kappa shape index (κ1) is 15.0. The Balaban J connectivity index is 1.70. The molecular weight excluding hydrogens is 288 g/mol. The second-order valence-electron chi connectivity index (χ2n) is 5.59. The van der Waals surface area contributed by atoms with Gasteiger partial charge in [0.15, 0.2) is 5.82 Å². The van der Waals surface area contributed by atoms with E-state index in [9.17, 15) is 4.79 Å². The lowest BCUT2D eigenvalue weighted by Crippen LogP contribution is -2.12. The molecule has 0 atom stereocenters. The van der Waals surface area contributed by atoms with Crippen LogP contribution in [0.2, 0.25) is 0 Å². The summed E-state index contributed by atoms with van der Waals surface area (Å²) in [6.45, 7) is 4.28. The van der Waals surface area contributed by atoms with Crippen molar-refractivity contribution in [1.29, 1.82) is 0 Å². The van der Waals surface area contributed by atoms with Crippen LogP contribution in [-0.4, -0.2) is 20.7 Å². The van der Waals surface area contributed by atoms with Crippen LogP contribution in [0.3, 0.4) is 0 Å². The molecule has 0 bridgehead atoms. The van der Waals surface area contributed by atoms with Crippen LogP contribution >= 0.6 is 0 Å². The molecule has 5 heteroatoms. The van der Waals surface area contributed by atoms with E-state index in [1.165, 1.54) is 5.56 Å². The molecule has 23 heavy (non-hydrogen) atoms. The number of pyridine rings is 1. The van der Waals surface area contributed by atoms with Crippen LogP contribution < -0.4 is 5.32 Å². The highest BCUT2D eigenvalue weighted by atomic mass is 16.1. The van der Waals surface area contributed by atoms with E-state index in [-0.39, 0.29) is 5.91 Å². The summed E-state index contributed by atoms with van der Waals surface area (Å²) >= 11 is 0. The molecule has 3 rings (SSSR count). The van der Waals surface area contributed by atoms with E-state index < -0.39 is 0 Å². The van der Waals surface area contributed by atoms with Gasteiger partial charge in [-0.05, 0) is 41.8 Å². The maximum atomic E-state index is 12.3. The molecule has 0 saturated carbocycles. The van der Waals surface area contributed by atoms with Crippen molar-refractivity contribution >= 4 is 11.6 Å². The van der Waals surface area contributed by atoms with E-state index in [2.05, 4.69) is 29.2 Å². The maximum absolute atomic E-state index is 12.3. The molecule has 0 spiro atoms. The summed E-state index contributed by atoms with van der Waals surface area (Å²) < 4.78 is 1.65. The monoisotopic (exact) mass is 306 g/mol. The highest BCUT2D eigenvalue weighted by Crippen LogP contribution is 2.17. The molecule has 3 aromatic rings. The van der Waals surface area contributed by atoms with Crippen molar-refractivity contribution in [3.8, 4) is 5.82 Å². The number of nitrogens with one attached hydrogen (secondary N) is 1. The number of carbonyl (C=O) groups is 1. The van der Waals surface area contributed by atoms with E-state index in [0.717, 1.165) is 5.69 Å². The van der Waals surface area contributed by atoms with Crippen molar-refractivity contribution in [2.45, 2.75) is 19.8 Å². The Kier molecular flexibility index (Phi) is 4.19. The van der Waals surface area contributed by atoms with Crippen molar-refractivity contribution in [2.75, 3.05) is 5.32 Å². The van der Waals surface area contributed by atoms with Crippen LogP contribution in [0.5, 0.6) is 0 Å². The van der Waals surface area contributed by atoms with Gasteiger partial charge in [-0.15, -0.1) is 0 Å². The van der Waals surface area contributed by atoms with Crippen LogP contribution in [0.25, 0.3) is 5.82 Å².